The van der Waals surface area contributed by atoms with Crippen LogP contribution >= 0.6 is 0 Å². The first-order chi connectivity index (χ1) is 6.57. The summed E-state index contributed by atoms with van der Waals surface area (Å²) in [5, 5.41) is 0. The van der Waals surface area contributed by atoms with Crippen LogP contribution in [0.5, 0.6) is 0 Å². The number of amides is 1. The number of nitrogens with one attached hydrogen (secondary N) is 1. The first kappa shape index (κ1) is 13.4. The Morgan fingerprint density at radius 2 is 2.07 bits per heavy atom. The first-order valence-electron chi connectivity index (χ1n) is 5.25. The van der Waals surface area contributed by atoms with Crippen molar-refractivity contribution in [1.29, 1.82) is 0 Å². The number of carbonyl (C=O) groups is 1. The van der Waals surface area contributed by atoms with Crippen LogP contribution in [-0.2, 0) is 9.63 Å². The van der Waals surface area contributed by atoms with Crippen molar-refractivity contribution in [1.82, 2.24) is 5.48 Å². The highest BCUT2D eigenvalue weighted by molar-refractivity contribution is 5.77. The fourth-order valence-electron chi connectivity index (χ4n) is 1.12. The second-order valence-corrected chi connectivity index (χ2v) is 3.71. The van der Waals surface area contributed by atoms with E-state index < -0.39 is 0 Å². The minimum Gasteiger partial charge on any atom is -0.328 e. The molecule has 4 heteroatoms. The van der Waals surface area contributed by atoms with Crippen molar-refractivity contribution >= 4 is 5.91 Å². The largest absolute Gasteiger partial charge is 0.328 e. The van der Waals surface area contributed by atoms with Crippen LogP contribution in [0.15, 0.2) is 0 Å². The standard InChI is InChI=1S/C10H22N2O2/c1-4-14-12-10(13)8(2)6-5-7-9(3)11/h8-9H,4-7,11H2,1-3H3,(H,12,13). The Labute approximate surface area is 86.1 Å². The fourth-order valence-corrected chi connectivity index (χ4v) is 1.12. The highest BCUT2D eigenvalue weighted by Gasteiger charge is 2.12. The van der Waals surface area contributed by atoms with Crippen molar-refractivity contribution in [2.24, 2.45) is 11.7 Å². The van der Waals surface area contributed by atoms with Gasteiger partial charge in [-0.15, -0.1) is 0 Å². The average molecular weight is 202 g/mol. The van der Waals surface area contributed by atoms with E-state index in [0.29, 0.717) is 6.61 Å². The molecule has 0 bridgehead atoms. The second-order valence-electron chi connectivity index (χ2n) is 3.71. The van der Waals surface area contributed by atoms with Crippen LogP contribution in [0, 0.1) is 5.92 Å². The maximum atomic E-state index is 11.3. The quantitative estimate of drug-likeness (QED) is 0.610. The van der Waals surface area contributed by atoms with Gasteiger partial charge in [-0.25, -0.2) is 5.48 Å². The van der Waals surface area contributed by atoms with Crippen molar-refractivity contribution in [3.8, 4) is 0 Å². The Balaban J connectivity index is 3.51. The molecular weight excluding hydrogens is 180 g/mol. The number of nitrogens with two attached hydrogens (primary N) is 1. The van der Waals surface area contributed by atoms with Crippen LogP contribution < -0.4 is 11.2 Å². The summed E-state index contributed by atoms with van der Waals surface area (Å²) in [6.45, 7) is 6.21. The monoisotopic (exact) mass is 202 g/mol. The summed E-state index contributed by atoms with van der Waals surface area (Å²) in [7, 11) is 0. The Morgan fingerprint density at radius 1 is 1.43 bits per heavy atom. The summed E-state index contributed by atoms with van der Waals surface area (Å²) < 4.78 is 0. The van der Waals surface area contributed by atoms with Crippen molar-refractivity contribution in [3.63, 3.8) is 0 Å². The zero-order valence-electron chi connectivity index (χ0n) is 9.38. The molecule has 2 unspecified atom stereocenters. The van der Waals surface area contributed by atoms with Crippen LogP contribution in [0.4, 0.5) is 0 Å². The van der Waals surface area contributed by atoms with Gasteiger partial charge in [-0.1, -0.05) is 13.3 Å². The van der Waals surface area contributed by atoms with Gasteiger partial charge in [0.15, 0.2) is 0 Å². The second kappa shape index (κ2) is 7.76. The Kier molecular flexibility index (Phi) is 7.42. The number of carbonyl (C=O) groups excluding carboxylic acids is 1. The van der Waals surface area contributed by atoms with Gasteiger partial charge in [0.05, 0.1) is 6.61 Å². The fraction of sp³-hybridized carbons (Fsp3) is 0.900. The van der Waals surface area contributed by atoms with E-state index in [4.69, 9.17) is 10.6 Å². The van der Waals surface area contributed by atoms with E-state index in [2.05, 4.69) is 5.48 Å². The Bertz CT molecular complexity index is 160. The highest BCUT2D eigenvalue weighted by Crippen LogP contribution is 2.08. The van der Waals surface area contributed by atoms with Gasteiger partial charge in [0.25, 0.3) is 0 Å². The lowest BCUT2D eigenvalue weighted by Gasteiger charge is -2.11. The van der Waals surface area contributed by atoms with Gasteiger partial charge in [0.1, 0.15) is 0 Å². The summed E-state index contributed by atoms with van der Waals surface area (Å²) in [4.78, 5) is 16.1. The zero-order chi connectivity index (χ0) is 11.0. The van der Waals surface area contributed by atoms with Crippen LogP contribution in [0.1, 0.15) is 40.0 Å². The van der Waals surface area contributed by atoms with Crippen molar-refractivity contribution in [2.75, 3.05) is 6.61 Å². The van der Waals surface area contributed by atoms with Crippen molar-refractivity contribution in [3.05, 3.63) is 0 Å². The number of hydrogen-bond donors (Lipinski definition) is 2. The Morgan fingerprint density at radius 3 is 2.57 bits per heavy atom. The van der Waals surface area contributed by atoms with E-state index in [0.717, 1.165) is 19.3 Å². The number of hydroxylamine groups is 1. The van der Waals surface area contributed by atoms with E-state index in [9.17, 15) is 4.79 Å². The van der Waals surface area contributed by atoms with Gasteiger partial charge in [0.2, 0.25) is 5.91 Å². The minimum absolute atomic E-state index is 0.000278. The molecule has 0 aliphatic rings. The van der Waals surface area contributed by atoms with Crippen LogP contribution in [0.25, 0.3) is 0 Å². The van der Waals surface area contributed by atoms with E-state index >= 15 is 0 Å². The van der Waals surface area contributed by atoms with E-state index in [1.54, 1.807) is 0 Å². The molecular formula is C10H22N2O2. The number of hydrogen-bond acceptors (Lipinski definition) is 3. The van der Waals surface area contributed by atoms with Crippen LogP contribution in [0.3, 0.4) is 0 Å². The number of rotatable bonds is 7. The minimum atomic E-state index is -0.0449. The van der Waals surface area contributed by atoms with Gasteiger partial charge in [-0.05, 0) is 26.7 Å². The topological polar surface area (TPSA) is 64.3 Å². The molecule has 2 atom stereocenters. The van der Waals surface area contributed by atoms with E-state index in [1.807, 2.05) is 20.8 Å². The zero-order valence-corrected chi connectivity index (χ0v) is 9.38. The third-order valence-corrected chi connectivity index (χ3v) is 2.06. The third-order valence-electron chi connectivity index (χ3n) is 2.06. The van der Waals surface area contributed by atoms with Gasteiger partial charge in [-0.3, -0.25) is 9.63 Å². The molecule has 0 aromatic heterocycles. The van der Waals surface area contributed by atoms with Crippen molar-refractivity contribution in [2.45, 2.75) is 46.1 Å². The van der Waals surface area contributed by atoms with Crippen LogP contribution in [0.2, 0.25) is 0 Å². The SMILES string of the molecule is CCONC(=O)C(C)CCCC(C)N. The van der Waals surface area contributed by atoms with Gasteiger partial charge in [-0.2, -0.15) is 0 Å². The molecule has 4 nitrogen and oxygen atoms in total. The molecule has 0 aromatic carbocycles. The van der Waals surface area contributed by atoms with E-state index in [-0.39, 0.29) is 17.9 Å². The molecule has 0 saturated heterocycles. The normalized spacial score (nSPS) is 14.9. The van der Waals surface area contributed by atoms with Crippen LogP contribution in [-0.4, -0.2) is 18.6 Å². The average Bonchev–Trinajstić information content (AvgIpc) is 2.13. The molecule has 0 saturated carbocycles. The lowest BCUT2D eigenvalue weighted by Crippen LogP contribution is -2.29. The summed E-state index contributed by atoms with van der Waals surface area (Å²) >= 11 is 0. The molecule has 0 fully saturated rings. The predicted octanol–water partition coefficient (Wildman–Crippen LogP) is 1.21. The summed E-state index contributed by atoms with van der Waals surface area (Å²) in [6, 6.07) is 0.220. The third kappa shape index (κ3) is 6.86. The molecule has 0 aliphatic heterocycles. The molecule has 0 spiro atoms. The molecule has 84 valence electrons. The maximum Gasteiger partial charge on any atom is 0.246 e. The lowest BCUT2D eigenvalue weighted by atomic mass is 10.0. The molecule has 0 aromatic rings. The van der Waals surface area contributed by atoms with Gasteiger partial charge >= 0.3 is 0 Å². The predicted molar refractivity (Wildman–Crippen MR) is 56.4 cm³/mol. The first-order valence-corrected chi connectivity index (χ1v) is 5.25. The maximum absolute atomic E-state index is 11.3. The summed E-state index contributed by atoms with van der Waals surface area (Å²) in [5.41, 5.74) is 8.01. The highest BCUT2D eigenvalue weighted by atomic mass is 16.6. The summed E-state index contributed by atoms with van der Waals surface area (Å²) in [6.07, 6.45) is 2.81. The Hall–Kier alpha value is -0.610. The van der Waals surface area contributed by atoms with Gasteiger partial charge < -0.3 is 5.73 Å². The van der Waals surface area contributed by atoms with E-state index in [1.165, 1.54) is 0 Å². The molecule has 0 aliphatic carbocycles. The van der Waals surface area contributed by atoms with Gasteiger partial charge in [0, 0.05) is 12.0 Å². The molecule has 14 heavy (non-hydrogen) atoms. The smallest absolute Gasteiger partial charge is 0.246 e. The molecule has 3 N–H and O–H groups in total. The molecule has 0 radical (unpaired) electrons. The molecule has 0 rings (SSSR count). The van der Waals surface area contributed by atoms with Crippen molar-refractivity contribution < 1.29 is 9.63 Å². The summed E-state index contributed by atoms with van der Waals surface area (Å²) in [5.74, 6) is -0.0446. The lowest BCUT2D eigenvalue weighted by molar-refractivity contribution is -0.137. The molecule has 0 heterocycles. The molecule has 1 amide bonds.